The monoisotopic (exact) mass is 417 g/mol. The quantitative estimate of drug-likeness (QED) is 0.326. The summed E-state index contributed by atoms with van der Waals surface area (Å²) in [5, 5.41) is 3.07. The molecule has 0 aliphatic heterocycles. The van der Waals surface area contributed by atoms with E-state index in [0.717, 1.165) is 43.6 Å². The zero-order valence-electron chi connectivity index (χ0n) is 18.4. The van der Waals surface area contributed by atoms with Gasteiger partial charge in [-0.25, -0.2) is 4.79 Å². The standard InChI is InChI=1S/C24H35NO5/c1-4-5-6-15-29-24(27)17-30-21-13-9-19(16-22(21)28-3)10-14-23(26)25-20-11-7-18(2)8-12-20/h9-10,13-14,16,18,20H,4-8,11-12,15,17H2,1-3H3,(H,25,26)/b14-10+. The predicted molar refractivity (Wildman–Crippen MR) is 118 cm³/mol. The lowest BCUT2D eigenvalue weighted by atomic mass is 9.87. The summed E-state index contributed by atoms with van der Waals surface area (Å²) in [4.78, 5) is 23.9. The van der Waals surface area contributed by atoms with Crippen LogP contribution in [0.5, 0.6) is 11.5 Å². The molecular weight excluding hydrogens is 382 g/mol. The van der Waals surface area contributed by atoms with Gasteiger partial charge >= 0.3 is 5.97 Å². The molecule has 1 amide bonds. The van der Waals surface area contributed by atoms with Crippen LogP contribution >= 0.6 is 0 Å². The van der Waals surface area contributed by atoms with Crippen LogP contribution in [0.3, 0.4) is 0 Å². The first-order chi connectivity index (χ1) is 14.5. The van der Waals surface area contributed by atoms with Crippen LogP contribution in [0.4, 0.5) is 0 Å². The van der Waals surface area contributed by atoms with Crippen molar-refractivity contribution < 1.29 is 23.8 Å². The van der Waals surface area contributed by atoms with E-state index in [2.05, 4.69) is 19.2 Å². The molecule has 1 fully saturated rings. The Morgan fingerprint density at radius 1 is 1.13 bits per heavy atom. The van der Waals surface area contributed by atoms with Crippen molar-refractivity contribution in [1.29, 1.82) is 0 Å². The average Bonchev–Trinajstić information content (AvgIpc) is 2.75. The molecule has 1 aromatic rings. The molecule has 1 aromatic carbocycles. The van der Waals surface area contributed by atoms with Gasteiger partial charge in [-0.3, -0.25) is 4.79 Å². The zero-order chi connectivity index (χ0) is 21.8. The van der Waals surface area contributed by atoms with E-state index in [-0.39, 0.29) is 18.6 Å². The zero-order valence-corrected chi connectivity index (χ0v) is 18.4. The molecule has 1 saturated carbocycles. The summed E-state index contributed by atoms with van der Waals surface area (Å²) in [5.74, 6) is 1.23. The summed E-state index contributed by atoms with van der Waals surface area (Å²) in [5.41, 5.74) is 0.814. The Bertz CT molecular complexity index is 708. The molecule has 30 heavy (non-hydrogen) atoms. The molecule has 6 heteroatoms. The number of ether oxygens (including phenoxy) is 3. The van der Waals surface area contributed by atoms with Crippen molar-refractivity contribution in [3.05, 3.63) is 29.8 Å². The summed E-state index contributed by atoms with van der Waals surface area (Å²) in [6.07, 6.45) is 10.7. The van der Waals surface area contributed by atoms with Crippen molar-refractivity contribution in [2.45, 2.75) is 64.8 Å². The fraction of sp³-hybridized carbons (Fsp3) is 0.583. The van der Waals surface area contributed by atoms with Gasteiger partial charge in [-0.05, 0) is 61.8 Å². The van der Waals surface area contributed by atoms with E-state index in [0.29, 0.717) is 18.1 Å². The van der Waals surface area contributed by atoms with E-state index in [1.54, 1.807) is 24.3 Å². The van der Waals surface area contributed by atoms with Gasteiger partial charge in [0.2, 0.25) is 5.91 Å². The van der Waals surface area contributed by atoms with Gasteiger partial charge in [0.1, 0.15) is 0 Å². The molecule has 0 saturated heterocycles. The summed E-state index contributed by atoms with van der Waals surface area (Å²) < 4.78 is 16.0. The number of amides is 1. The Hall–Kier alpha value is -2.50. The molecule has 2 rings (SSSR count). The van der Waals surface area contributed by atoms with Crippen LogP contribution in [0, 0.1) is 5.92 Å². The fourth-order valence-electron chi connectivity index (χ4n) is 3.45. The normalized spacial score (nSPS) is 18.8. The van der Waals surface area contributed by atoms with Crippen LogP contribution in [-0.4, -0.2) is 38.2 Å². The summed E-state index contributed by atoms with van der Waals surface area (Å²) in [7, 11) is 1.54. The number of esters is 1. The number of hydrogen-bond donors (Lipinski definition) is 1. The maximum absolute atomic E-state index is 12.2. The van der Waals surface area contributed by atoms with Crippen molar-refractivity contribution in [3.8, 4) is 11.5 Å². The topological polar surface area (TPSA) is 73.9 Å². The second-order valence-corrected chi connectivity index (χ2v) is 7.93. The minimum absolute atomic E-state index is 0.0836. The first-order valence-corrected chi connectivity index (χ1v) is 11.0. The lowest BCUT2D eigenvalue weighted by molar-refractivity contribution is -0.146. The molecule has 0 heterocycles. The van der Waals surface area contributed by atoms with Gasteiger partial charge in [-0.15, -0.1) is 0 Å². The fourth-order valence-corrected chi connectivity index (χ4v) is 3.45. The van der Waals surface area contributed by atoms with Gasteiger partial charge in [0.25, 0.3) is 0 Å². The number of methoxy groups -OCH3 is 1. The molecular formula is C24H35NO5. The summed E-state index contributed by atoms with van der Waals surface area (Å²) >= 11 is 0. The molecule has 6 nitrogen and oxygen atoms in total. The second kappa shape index (κ2) is 12.9. The maximum Gasteiger partial charge on any atom is 0.344 e. The van der Waals surface area contributed by atoms with E-state index in [1.807, 2.05) is 6.07 Å². The number of rotatable bonds is 11. The number of benzene rings is 1. The van der Waals surface area contributed by atoms with Crippen LogP contribution in [0.1, 0.15) is 64.4 Å². The Labute approximate surface area is 180 Å². The number of unbranched alkanes of at least 4 members (excludes halogenated alkanes) is 2. The van der Waals surface area contributed by atoms with Crippen molar-refractivity contribution in [1.82, 2.24) is 5.32 Å². The SMILES string of the molecule is CCCCCOC(=O)COc1ccc(/C=C/C(=O)NC2CCC(C)CC2)cc1OC. The summed E-state index contributed by atoms with van der Waals surface area (Å²) in [6.45, 7) is 4.60. The molecule has 1 N–H and O–H groups in total. The van der Waals surface area contributed by atoms with Crippen molar-refractivity contribution in [3.63, 3.8) is 0 Å². The highest BCUT2D eigenvalue weighted by atomic mass is 16.6. The van der Waals surface area contributed by atoms with Gasteiger partial charge < -0.3 is 19.5 Å². The number of carbonyl (C=O) groups is 2. The van der Waals surface area contributed by atoms with Crippen LogP contribution in [0.15, 0.2) is 24.3 Å². The van der Waals surface area contributed by atoms with Gasteiger partial charge in [0.15, 0.2) is 18.1 Å². The first-order valence-electron chi connectivity index (χ1n) is 11.0. The molecule has 0 spiro atoms. The average molecular weight is 418 g/mol. The van der Waals surface area contributed by atoms with Crippen molar-refractivity contribution >= 4 is 18.0 Å². The van der Waals surface area contributed by atoms with Crippen molar-refractivity contribution in [2.24, 2.45) is 5.92 Å². The second-order valence-electron chi connectivity index (χ2n) is 7.93. The minimum Gasteiger partial charge on any atom is -0.493 e. The van der Waals surface area contributed by atoms with E-state index >= 15 is 0 Å². The molecule has 0 unspecified atom stereocenters. The van der Waals surface area contributed by atoms with E-state index in [9.17, 15) is 9.59 Å². The predicted octanol–water partition coefficient (Wildman–Crippen LogP) is 4.52. The molecule has 0 bridgehead atoms. The molecule has 1 aliphatic carbocycles. The highest BCUT2D eigenvalue weighted by molar-refractivity contribution is 5.92. The highest BCUT2D eigenvalue weighted by Crippen LogP contribution is 2.28. The number of nitrogens with one attached hydrogen (secondary N) is 1. The molecule has 0 atom stereocenters. The number of carbonyl (C=O) groups excluding carboxylic acids is 2. The van der Waals surface area contributed by atoms with Gasteiger partial charge in [-0.2, -0.15) is 0 Å². The minimum atomic E-state index is -0.397. The number of hydrogen-bond acceptors (Lipinski definition) is 5. The van der Waals surface area contributed by atoms with Crippen LogP contribution in [0.25, 0.3) is 6.08 Å². The van der Waals surface area contributed by atoms with E-state index in [4.69, 9.17) is 14.2 Å². The lowest BCUT2D eigenvalue weighted by Crippen LogP contribution is -2.36. The van der Waals surface area contributed by atoms with Crippen LogP contribution < -0.4 is 14.8 Å². The Kier molecular flexibility index (Phi) is 10.3. The largest absolute Gasteiger partial charge is 0.493 e. The van der Waals surface area contributed by atoms with E-state index in [1.165, 1.54) is 20.0 Å². The Morgan fingerprint density at radius 3 is 2.60 bits per heavy atom. The van der Waals surface area contributed by atoms with Gasteiger partial charge in [-0.1, -0.05) is 32.8 Å². The van der Waals surface area contributed by atoms with Crippen LogP contribution in [0.2, 0.25) is 0 Å². The maximum atomic E-state index is 12.2. The molecule has 0 radical (unpaired) electrons. The molecule has 1 aliphatic rings. The first kappa shape index (κ1) is 23.8. The van der Waals surface area contributed by atoms with Gasteiger partial charge in [0.05, 0.1) is 13.7 Å². The Balaban J connectivity index is 1.83. The molecule has 166 valence electrons. The third-order valence-corrected chi connectivity index (χ3v) is 5.33. The van der Waals surface area contributed by atoms with Gasteiger partial charge in [0, 0.05) is 12.1 Å². The highest BCUT2D eigenvalue weighted by Gasteiger charge is 2.18. The molecule has 0 aromatic heterocycles. The third kappa shape index (κ3) is 8.47. The smallest absolute Gasteiger partial charge is 0.344 e. The van der Waals surface area contributed by atoms with E-state index < -0.39 is 5.97 Å². The Morgan fingerprint density at radius 2 is 1.90 bits per heavy atom. The van der Waals surface area contributed by atoms with Crippen molar-refractivity contribution in [2.75, 3.05) is 20.3 Å². The van der Waals surface area contributed by atoms with Crippen LogP contribution in [-0.2, 0) is 14.3 Å². The third-order valence-electron chi connectivity index (χ3n) is 5.33. The lowest BCUT2D eigenvalue weighted by Gasteiger charge is -2.26. The summed E-state index contributed by atoms with van der Waals surface area (Å²) in [6, 6.07) is 5.58.